The van der Waals surface area contributed by atoms with Crippen LogP contribution in [0, 0.1) is 5.41 Å². The van der Waals surface area contributed by atoms with Crippen molar-refractivity contribution in [3.8, 4) is 0 Å². The maximum Gasteiger partial charge on any atom is 0.222 e. The van der Waals surface area contributed by atoms with Gasteiger partial charge in [-0.2, -0.15) is 0 Å². The van der Waals surface area contributed by atoms with Gasteiger partial charge in [-0.25, -0.2) is 4.99 Å². The Labute approximate surface area is 124 Å². The van der Waals surface area contributed by atoms with Gasteiger partial charge < -0.3 is 4.90 Å². The molecule has 108 valence electrons. The number of hydrogen-bond acceptors (Lipinski definition) is 4. The molecule has 0 atom stereocenters. The van der Waals surface area contributed by atoms with Crippen LogP contribution in [-0.4, -0.2) is 41.5 Å². The first-order valence-electron chi connectivity index (χ1n) is 6.34. The van der Waals surface area contributed by atoms with Crippen LogP contribution >= 0.6 is 11.8 Å². The van der Waals surface area contributed by atoms with E-state index < -0.39 is 0 Å². The van der Waals surface area contributed by atoms with Gasteiger partial charge in [-0.15, -0.1) is 0 Å². The van der Waals surface area contributed by atoms with Gasteiger partial charge in [-0.3, -0.25) is 15.2 Å². The first-order valence-corrected chi connectivity index (χ1v) is 7.16. The smallest absolute Gasteiger partial charge is 0.222 e. The van der Waals surface area contributed by atoms with E-state index in [2.05, 4.69) is 23.3 Å². The molecule has 0 saturated carbocycles. The molecule has 20 heavy (non-hydrogen) atoms. The summed E-state index contributed by atoms with van der Waals surface area (Å²) >= 11 is 1.07. The number of hydrogen-bond donors (Lipinski definition) is 1. The van der Waals surface area contributed by atoms with Gasteiger partial charge >= 0.3 is 0 Å². The highest BCUT2D eigenvalue weighted by molar-refractivity contribution is 8.17. The highest BCUT2D eigenvalue weighted by Crippen LogP contribution is 2.16. The number of amidine groups is 1. The Balaban J connectivity index is 2.57. The zero-order valence-corrected chi connectivity index (χ0v) is 12.8. The summed E-state index contributed by atoms with van der Waals surface area (Å²) in [5, 5.41) is 8.27. The Kier molecular flexibility index (Phi) is 6.38. The summed E-state index contributed by atoms with van der Waals surface area (Å²) < 4.78 is 0. The Bertz CT molecular complexity index is 493. The van der Waals surface area contributed by atoms with Crippen LogP contribution in [0.2, 0.25) is 0 Å². The number of likely N-dealkylation sites (tertiary alicyclic amines) is 1. The summed E-state index contributed by atoms with van der Waals surface area (Å²) in [6.45, 7) is 12.2. The molecule has 0 spiro atoms. The van der Waals surface area contributed by atoms with E-state index in [1.165, 1.54) is 0 Å². The summed E-state index contributed by atoms with van der Waals surface area (Å²) in [7, 11) is 0. The molecule has 0 radical (unpaired) electrons. The van der Waals surface area contributed by atoms with Crippen molar-refractivity contribution in [1.82, 2.24) is 4.90 Å². The third-order valence-electron chi connectivity index (χ3n) is 2.74. The van der Waals surface area contributed by atoms with Crippen molar-refractivity contribution in [3.63, 3.8) is 0 Å². The summed E-state index contributed by atoms with van der Waals surface area (Å²) in [5.41, 5.74) is 1.78. The van der Waals surface area contributed by atoms with Gasteiger partial charge in [0.2, 0.25) is 5.91 Å². The molecule has 5 nitrogen and oxygen atoms in total. The van der Waals surface area contributed by atoms with Gasteiger partial charge in [0.25, 0.3) is 0 Å². The predicted molar refractivity (Wildman–Crippen MR) is 86.7 cm³/mol. The highest BCUT2D eigenvalue weighted by atomic mass is 32.2. The van der Waals surface area contributed by atoms with Crippen LogP contribution in [0.4, 0.5) is 0 Å². The van der Waals surface area contributed by atoms with Gasteiger partial charge in [0.1, 0.15) is 0 Å². The van der Waals surface area contributed by atoms with E-state index in [9.17, 15) is 4.79 Å². The van der Waals surface area contributed by atoms with Crippen LogP contribution in [0.3, 0.4) is 0 Å². The first kappa shape index (κ1) is 16.4. The summed E-state index contributed by atoms with van der Waals surface area (Å²) in [6.07, 6.45) is 3.49. The number of allylic oxidation sites excluding steroid dienone is 1. The van der Waals surface area contributed by atoms with E-state index in [-0.39, 0.29) is 11.1 Å². The quantitative estimate of drug-likeness (QED) is 0.625. The molecule has 1 saturated heterocycles. The normalized spacial score (nSPS) is 16.5. The SMILES string of the molecule is C=NC(=C)SC(=N)N=C(C)/C=C(\C)CN1CCCC1=O. The zero-order chi connectivity index (χ0) is 15.1. The topological polar surface area (TPSA) is 68.9 Å². The lowest BCUT2D eigenvalue weighted by molar-refractivity contribution is -0.127. The predicted octanol–water partition coefficient (Wildman–Crippen LogP) is 2.86. The number of aliphatic imine (C=N–C) groups is 2. The monoisotopic (exact) mass is 292 g/mol. The lowest BCUT2D eigenvalue weighted by Gasteiger charge is -2.15. The number of carbonyl (C=O) groups excluding carboxylic acids is 1. The van der Waals surface area contributed by atoms with Crippen LogP contribution in [-0.2, 0) is 4.79 Å². The minimum absolute atomic E-state index is 0.126. The molecule has 1 rings (SSSR count). The van der Waals surface area contributed by atoms with Gasteiger partial charge in [-0.05, 0) is 44.8 Å². The first-order chi connectivity index (χ1) is 9.42. The van der Waals surface area contributed by atoms with E-state index in [1.807, 2.05) is 24.8 Å². The molecule has 1 N–H and O–H groups in total. The molecule has 0 unspecified atom stereocenters. The number of nitrogens with one attached hydrogen (secondary N) is 1. The molecule has 0 aliphatic carbocycles. The fourth-order valence-corrected chi connectivity index (χ4v) is 2.41. The summed E-state index contributed by atoms with van der Waals surface area (Å²) in [4.78, 5) is 21.1. The second-order valence-electron chi connectivity index (χ2n) is 4.62. The summed E-state index contributed by atoms with van der Waals surface area (Å²) in [5.74, 6) is 0.212. The molecule has 0 bridgehead atoms. The minimum Gasteiger partial charge on any atom is -0.339 e. The van der Waals surface area contributed by atoms with Crippen LogP contribution in [0.5, 0.6) is 0 Å². The molecular formula is C14H20N4OS. The highest BCUT2D eigenvalue weighted by Gasteiger charge is 2.19. The minimum atomic E-state index is 0.126. The molecule has 0 aromatic rings. The van der Waals surface area contributed by atoms with Crippen molar-refractivity contribution < 1.29 is 4.79 Å². The lowest BCUT2D eigenvalue weighted by atomic mass is 10.2. The third-order valence-corrected chi connectivity index (χ3v) is 3.39. The fourth-order valence-electron chi connectivity index (χ4n) is 1.93. The Morgan fingerprint density at radius 1 is 1.55 bits per heavy atom. The van der Waals surface area contributed by atoms with Gasteiger partial charge in [0.05, 0.1) is 5.03 Å². The Hall–Kier alpha value is -1.69. The second-order valence-corrected chi connectivity index (χ2v) is 5.68. The van der Waals surface area contributed by atoms with Crippen molar-refractivity contribution in [2.75, 3.05) is 13.1 Å². The molecule has 0 aromatic carbocycles. The molecule has 1 fully saturated rings. The van der Waals surface area contributed by atoms with Crippen molar-refractivity contribution in [1.29, 1.82) is 5.41 Å². The number of thioether (sulfide) groups is 1. The van der Waals surface area contributed by atoms with E-state index in [4.69, 9.17) is 5.41 Å². The largest absolute Gasteiger partial charge is 0.339 e. The maximum absolute atomic E-state index is 11.5. The number of carbonyl (C=O) groups is 1. The number of nitrogens with zero attached hydrogens (tertiary/aromatic N) is 3. The van der Waals surface area contributed by atoms with Crippen LogP contribution in [0.15, 0.2) is 33.2 Å². The standard InChI is InChI=1S/C14H20N4OS/c1-10(9-18-7-5-6-13(18)19)8-11(2)17-14(15)20-12(3)16-4/h8,15H,3-7,9H2,1-2H3/b10-8+,15-14?,17-11?. The molecule has 1 aliphatic heterocycles. The maximum atomic E-state index is 11.5. The number of amides is 1. The summed E-state index contributed by atoms with van der Waals surface area (Å²) in [6, 6.07) is 0. The average molecular weight is 292 g/mol. The van der Waals surface area contributed by atoms with E-state index in [0.717, 1.165) is 36.0 Å². The Morgan fingerprint density at radius 2 is 2.25 bits per heavy atom. The fraction of sp³-hybridized carbons (Fsp3) is 0.429. The molecule has 1 heterocycles. The van der Waals surface area contributed by atoms with Crippen LogP contribution in [0.25, 0.3) is 0 Å². The average Bonchev–Trinajstić information content (AvgIpc) is 2.74. The van der Waals surface area contributed by atoms with E-state index in [1.54, 1.807) is 0 Å². The van der Waals surface area contributed by atoms with Crippen molar-refractivity contribution >= 4 is 35.3 Å². The van der Waals surface area contributed by atoms with Gasteiger partial charge in [-0.1, -0.05) is 12.2 Å². The molecule has 1 aliphatic rings. The zero-order valence-electron chi connectivity index (χ0n) is 12.0. The van der Waals surface area contributed by atoms with Crippen LogP contribution in [0.1, 0.15) is 26.7 Å². The van der Waals surface area contributed by atoms with Crippen molar-refractivity contribution in [2.24, 2.45) is 9.98 Å². The van der Waals surface area contributed by atoms with Crippen molar-refractivity contribution in [2.45, 2.75) is 26.7 Å². The van der Waals surface area contributed by atoms with Gasteiger partial charge in [0.15, 0.2) is 5.17 Å². The third kappa shape index (κ3) is 5.52. The number of rotatable bonds is 5. The molecule has 0 aromatic heterocycles. The second kappa shape index (κ2) is 7.79. The Morgan fingerprint density at radius 3 is 2.80 bits per heavy atom. The van der Waals surface area contributed by atoms with E-state index in [0.29, 0.717) is 18.0 Å². The van der Waals surface area contributed by atoms with Crippen LogP contribution < -0.4 is 0 Å². The van der Waals surface area contributed by atoms with Gasteiger partial charge in [0, 0.05) is 25.2 Å². The molecule has 1 amide bonds. The molecule has 6 heteroatoms. The lowest BCUT2D eigenvalue weighted by Crippen LogP contribution is -2.26. The van der Waals surface area contributed by atoms with Crippen molar-refractivity contribution in [3.05, 3.63) is 23.3 Å². The molecular weight excluding hydrogens is 272 g/mol. The van der Waals surface area contributed by atoms with E-state index >= 15 is 0 Å².